The minimum Gasteiger partial charge on any atom is -0.410 e. The Morgan fingerprint density at radius 2 is 1.88 bits per heavy atom. The predicted molar refractivity (Wildman–Crippen MR) is 115 cm³/mol. The Balaban J connectivity index is 1.27. The molecule has 3 aliphatic rings. The zero-order valence-electron chi connectivity index (χ0n) is 18.0. The predicted octanol–water partition coefficient (Wildman–Crippen LogP) is 3.04. The molecule has 0 bridgehead atoms. The maximum absolute atomic E-state index is 14.2. The Labute approximate surface area is 189 Å². The number of fused-ring (bicyclic) bond motifs is 1. The highest BCUT2D eigenvalue weighted by Crippen LogP contribution is 2.49. The summed E-state index contributed by atoms with van der Waals surface area (Å²) >= 11 is 0. The average Bonchev–Trinajstić information content (AvgIpc) is 3.48. The molecule has 0 radical (unpaired) electrons. The molecular weight excluding hydrogens is 429 g/mol. The molecule has 33 heavy (non-hydrogen) atoms. The summed E-state index contributed by atoms with van der Waals surface area (Å²) in [6.07, 6.45) is 0.833. The van der Waals surface area contributed by atoms with Crippen molar-refractivity contribution in [2.45, 2.75) is 43.9 Å². The number of anilines is 1. The molecule has 1 saturated carbocycles. The van der Waals surface area contributed by atoms with Gasteiger partial charge in [0.25, 0.3) is 5.91 Å². The molecule has 170 valence electrons. The van der Waals surface area contributed by atoms with Crippen molar-refractivity contribution in [1.82, 2.24) is 10.2 Å². The smallest absolute Gasteiger partial charge is 0.410 e. The molecule has 0 spiro atoms. The summed E-state index contributed by atoms with van der Waals surface area (Å²) in [6.45, 7) is 0.247. The number of hydrogen-bond donors (Lipinski definition) is 1. The average molecular weight is 451 g/mol. The van der Waals surface area contributed by atoms with Gasteiger partial charge in [0.15, 0.2) is 0 Å². The third kappa shape index (κ3) is 3.83. The lowest BCUT2D eigenvalue weighted by atomic mass is 10.0. The summed E-state index contributed by atoms with van der Waals surface area (Å²) in [6, 6.07) is 10.7. The molecule has 2 fully saturated rings. The molecule has 1 N–H and O–H groups in total. The Kier molecular flexibility index (Phi) is 4.92. The highest BCUT2D eigenvalue weighted by Gasteiger charge is 2.44. The number of benzene rings is 2. The van der Waals surface area contributed by atoms with Gasteiger partial charge in [-0.3, -0.25) is 24.6 Å². The van der Waals surface area contributed by atoms with E-state index in [0.717, 1.165) is 0 Å². The molecule has 2 aromatic rings. The highest BCUT2D eigenvalue weighted by atomic mass is 19.1. The van der Waals surface area contributed by atoms with Gasteiger partial charge in [-0.15, -0.1) is 0 Å². The number of nitrogens with one attached hydrogen (secondary N) is 1. The third-order valence-corrected chi connectivity index (χ3v) is 6.44. The van der Waals surface area contributed by atoms with E-state index in [1.54, 1.807) is 43.4 Å². The van der Waals surface area contributed by atoms with Crippen molar-refractivity contribution in [3.8, 4) is 5.75 Å². The summed E-state index contributed by atoms with van der Waals surface area (Å²) < 4.78 is 19.6. The zero-order chi connectivity index (χ0) is 23.3. The fraction of sp³-hybridized carbons (Fsp3) is 0.333. The van der Waals surface area contributed by atoms with Crippen LogP contribution in [0.25, 0.3) is 0 Å². The highest BCUT2D eigenvalue weighted by molar-refractivity contribution is 6.05. The summed E-state index contributed by atoms with van der Waals surface area (Å²) in [7, 11) is 1.54. The topological polar surface area (TPSA) is 96.0 Å². The monoisotopic (exact) mass is 451 g/mol. The number of piperidine rings is 1. The summed E-state index contributed by atoms with van der Waals surface area (Å²) in [5, 5.41) is 2.27. The van der Waals surface area contributed by atoms with E-state index in [0.29, 0.717) is 35.2 Å². The van der Waals surface area contributed by atoms with Crippen molar-refractivity contribution in [1.29, 1.82) is 0 Å². The Morgan fingerprint density at radius 3 is 2.55 bits per heavy atom. The van der Waals surface area contributed by atoms with Gasteiger partial charge in [0.05, 0.1) is 0 Å². The van der Waals surface area contributed by atoms with E-state index < -0.39 is 23.7 Å². The van der Waals surface area contributed by atoms with Crippen molar-refractivity contribution in [2.75, 3.05) is 11.9 Å². The van der Waals surface area contributed by atoms with E-state index in [4.69, 9.17) is 4.74 Å². The quantitative estimate of drug-likeness (QED) is 0.721. The second kappa shape index (κ2) is 7.68. The fourth-order valence-corrected chi connectivity index (χ4v) is 4.25. The van der Waals surface area contributed by atoms with Crippen LogP contribution in [0.4, 0.5) is 14.9 Å². The molecule has 5 rings (SSSR count). The van der Waals surface area contributed by atoms with Gasteiger partial charge >= 0.3 is 6.09 Å². The van der Waals surface area contributed by atoms with Gasteiger partial charge in [0.1, 0.15) is 17.5 Å². The van der Waals surface area contributed by atoms with Crippen molar-refractivity contribution in [2.24, 2.45) is 0 Å². The second-order valence-corrected chi connectivity index (χ2v) is 8.66. The number of carbonyl (C=O) groups excluding carboxylic acids is 4. The number of carbonyl (C=O) groups is 4. The first kappa shape index (κ1) is 21.1. The number of rotatable bonds is 4. The SMILES string of the molecule is CN(C(=O)Oc1ccc2c(c1)C(=O)N(C1CCC(=O)NC1=O)C2)c1ccc(C2(F)CC2)cc1. The van der Waals surface area contributed by atoms with Gasteiger partial charge in [-0.1, -0.05) is 18.2 Å². The van der Waals surface area contributed by atoms with E-state index >= 15 is 0 Å². The number of hydrogen-bond acceptors (Lipinski definition) is 5. The van der Waals surface area contributed by atoms with Crippen LogP contribution in [-0.2, 0) is 21.8 Å². The van der Waals surface area contributed by atoms with Crippen molar-refractivity contribution in [3.05, 3.63) is 59.2 Å². The molecule has 1 atom stereocenters. The van der Waals surface area contributed by atoms with Gasteiger partial charge in [-0.05, 0) is 54.7 Å². The zero-order valence-corrected chi connectivity index (χ0v) is 18.0. The number of alkyl halides is 1. The van der Waals surface area contributed by atoms with E-state index in [-0.39, 0.29) is 37.0 Å². The summed E-state index contributed by atoms with van der Waals surface area (Å²) in [5.41, 5.74) is 0.986. The molecule has 1 aliphatic carbocycles. The molecule has 2 aromatic carbocycles. The Bertz CT molecular complexity index is 1180. The van der Waals surface area contributed by atoms with Crippen molar-refractivity contribution < 1.29 is 28.3 Å². The summed E-state index contributed by atoms with van der Waals surface area (Å²) in [4.78, 5) is 51.8. The molecule has 2 heterocycles. The van der Waals surface area contributed by atoms with Crippen molar-refractivity contribution in [3.63, 3.8) is 0 Å². The molecule has 0 aromatic heterocycles. The van der Waals surface area contributed by atoms with Crippen LogP contribution in [0.5, 0.6) is 5.75 Å². The minimum atomic E-state index is -1.24. The van der Waals surface area contributed by atoms with E-state index in [1.165, 1.54) is 15.9 Å². The maximum atomic E-state index is 14.2. The lowest BCUT2D eigenvalue weighted by Crippen LogP contribution is -2.52. The lowest BCUT2D eigenvalue weighted by molar-refractivity contribution is -0.136. The van der Waals surface area contributed by atoms with Crippen LogP contribution >= 0.6 is 0 Å². The Hall–Kier alpha value is -3.75. The normalized spacial score (nSPS) is 20.8. The van der Waals surface area contributed by atoms with Gasteiger partial charge in [0, 0.05) is 31.3 Å². The largest absolute Gasteiger partial charge is 0.419 e. The number of imide groups is 1. The van der Waals surface area contributed by atoms with Gasteiger partial charge in [-0.2, -0.15) is 0 Å². The van der Waals surface area contributed by atoms with Crippen LogP contribution in [0, 0.1) is 0 Å². The second-order valence-electron chi connectivity index (χ2n) is 8.66. The maximum Gasteiger partial charge on any atom is 0.419 e. The molecule has 8 nitrogen and oxygen atoms in total. The molecule has 2 aliphatic heterocycles. The number of halogens is 1. The van der Waals surface area contributed by atoms with Crippen LogP contribution in [0.2, 0.25) is 0 Å². The lowest BCUT2D eigenvalue weighted by Gasteiger charge is -2.29. The van der Waals surface area contributed by atoms with Crippen LogP contribution in [0.1, 0.15) is 47.2 Å². The number of amides is 4. The van der Waals surface area contributed by atoms with Gasteiger partial charge in [0.2, 0.25) is 11.8 Å². The molecule has 1 unspecified atom stereocenters. The molecule has 9 heteroatoms. The van der Waals surface area contributed by atoms with Crippen LogP contribution in [0.15, 0.2) is 42.5 Å². The molecule has 4 amide bonds. The van der Waals surface area contributed by atoms with Crippen LogP contribution < -0.4 is 15.0 Å². The number of ether oxygens (including phenoxy) is 1. The van der Waals surface area contributed by atoms with E-state index in [9.17, 15) is 23.6 Å². The number of nitrogens with zero attached hydrogens (tertiary/aromatic N) is 2. The van der Waals surface area contributed by atoms with E-state index in [2.05, 4.69) is 5.32 Å². The summed E-state index contributed by atoms with van der Waals surface area (Å²) in [5.74, 6) is -0.972. The van der Waals surface area contributed by atoms with Gasteiger partial charge in [-0.25, -0.2) is 9.18 Å². The third-order valence-electron chi connectivity index (χ3n) is 6.44. The Morgan fingerprint density at radius 1 is 1.15 bits per heavy atom. The first-order valence-corrected chi connectivity index (χ1v) is 10.8. The fourth-order valence-electron chi connectivity index (χ4n) is 4.25. The minimum absolute atomic E-state index is 0.180. The molecular formula is C24H22FN3O5. The van der Waals surface area contributed by atoms with E-state index in [1.807, 2.05) is 0 Å². The van der Waals surface area contributed by atoms with Gasteiger partial charge < -0.3 is 9.64 Å². The van der Waals surface area contributed by atoms with Crippen LogP contribution in [-0.4, -0.2) is 41.8 Å². The first-order valence-electron chi connectivity index (χ1n) is 10.8. The standard InChI is InChI=1S/C24H22FN3O5/c1-27(16-5-3-15(4-6-16)24(25)10-11-24)23(32)33-17-7-2-14-13-28(22(31)18(14)12-17)19-8-9-20(29)26-21(19)30/h2-7,12,19H,8-11,13H2,1H3,(H,26,29,30). The molecule has 1 saturated heterocycles. The van der Waals surface area contributed by atoms with Crippen LogP contribution in [0.3, 0.4) is 0 Å². The van der Waals surface area contributed by atoms with Crippen molar-refractivity contribution >= 4 is 29.5 Å². The first-order chi connectivity index (χ1) is 15.7.